The van der Waals surface area contributed by atoms with Gasteiger partial charge in [-0.1, -0.05) is 19.4 Å². The predicted molar refractivity (Wildman–Crippen MR) is 69.1 cm³/mol. The molecule has 0 amide bonds. The highest BCUT2D eigenvalue weighted by molar-refractivity contribution is 6.17. The lowest BCUT2D eigenvalue weighted by Crippen LogP contribution is -2.28. The van der Waals surface area contributed by atoms with Crippen LogP contribution in [0.25, 0.3) is 0 Å². The molecule has 3 heteroatoms. The molecule has 1 aliphatic rings. The first-order valence-electron chi connectivity index (χ1n) is 6.13. The van der Waals surface area contributed by atoms with Gasteiger partial charge in [-0.25, -0.2) is 4.98 Å². The molecule has 0 saturated heterocycles. The molecule has 1 saturated carbocycles. The van der Waals surface area contributed by atoms with Gasteiger partial charge in [-0.15, -0.1) is 11.6 Å². The number of hydrogen-bond donors (Lipinski definition) is 0. The Morgan fingerprint density at radius 1 is 1.50 bits per heavy atom. The number of nitrogens with zero attached hydrogens (tertiary/aromatic N) is 2. The molecule has 2 rings (SSSR count). The molecular weight excluding hydrogens is 220 g/mol. The van der Waals surface area contributed by atoms with Gasteiger partial charge in [-0.2, -0.15) is 0 Å². The SMILES string of the molecule is CCCCN(c1ncccc1CCl)C1CC1. The zero-order valence-electron chi connectivity index (χ0n) is 9.82. The maximum absolute atomic E-state index is 5.97. The number of unbranched alkanes of at least 4 members (excludes halogenated alkanes) is 1. The van der Waals surface area contributed by atoms with Gasteiger partial charge >= 0.3 is 0 Å². The maximum atomic E-state index is 5.97. The Balaban J connectivity index is 2.16. The first-order chi connectivity index (χ1) is 7.86. The minimum Gasteiger partial charge on any atom is -0.353 e. The lowest BCUT2D eigenvalue weighted by atomic mass is 10.2. The van der Waals surface area contributed by atoms with E-state index in [1.165, 1.54) is 25.7 Å². The van der Waals surface area contributed by atoms with E-state index in [1.54, 1.807) is 0 Å². The van der Waals surface area contributed by atoms with Crippen molar-refractivity contribution in [3.05, 3.63) is 23.9 Å². The summed E-state index contributed by atoms with van der Waals surface area (Å²) in [5.41, 5.74) is 1.16. The third kappa shape index (κ3) is 2.67. The third-order valence-electron chi connectivity index (χ3n) is 3.02. The highest BCUT2D eigenvalue weighted by Crippen LogP contribution is 2.32. The van der Waals surface area contributed by atoms with E-state index in [2.05, 4.69) is 22.9 Å². The number of alkyl halides is 1. The van der Waals surface area contributed by atoms with Crippen LogP contribution in [-0.4, -0.2) is 17.6 Å². The third-order valence-corrected chi connectivity index (χ3v) is 3.31. The molecule has 0 radical (unpaired) electrons. The Hall–Kier alpha value is -0.760. The first kappa shape index (κ1) is 11.7. The minimum absolute atomic E-state index is 0.554. The molecule has 1 heterocycles. The number of hydrogen-bond acceptors (Lipinski definition) is 2. The summed E-state index contributed by atoms with van der Waals surface area (Å²) in [4.78, 5) is 6.95. The fourth-order valence-corrected chi connectivity index (χ4v) is 2.18. The topological polar surface area (TPSA) is 16.1 Å². The quantitative estimate of drug-likeness (QED) is 0.705. The van der Waals surface area contributed by atoms with E-state index < -0.39 is 0 Å². The lowest BCUT2D eigenvalue weighted by molar-refractivity contribution is 0.702. The van der Waals surface area contributed by atoms with Gasteiger partial charge in [0.1, 0.15) is 5.82 Å². The van der Waals surface area contributed by atoms with Crippen LogP contribution in [0.3, 0.4) is 0 Å². The van der Waals surface area contributed by atoms with Crippen molar-refractivity contribution in [2.75, 3.05) is 11.4 Å². The average Bonchev–Trinajstić information content (AvgIpc) is 3.14. The summed E-state index contributed by atoms with van der Waals surface area (Å²) in [5, 5.41) is 0. The average molecular weight is 239 g/mol. The van der Waals surface area contributed by atoms with Gasteiger partial charge in [0.2, 0.25) is 0 Å². The second kappa shape index (κ2) is 5.53. The van der Waals surface area contributed by atoms with Crippen LogP contribution >= 0.6 is 11.6 Å². The van der Waals surface area contributed by atoms with Crippen molar-refractivity contribution in [3.8, 4) is 0 Å². The Kier molecular flexibility index (Phi) is 4.05. The molecule has 1 fully saturated rings. The number of anilines is 1. The van der Waals surface area contributed by atoms with Crippen molar-refractivity contribution >= 4 is 17.4 Å². The van der Waals surface area contributed by atoms with Crippen molar-refractivity contribution in [2.24, 2.45) is 0 Å². The first-order valence-corrected chi connectivity index (χ1v) is 6.66. The summed E-state index contributed by atoms with van der Waals surface area (Å²) in [6, 6.07) is 4.76. The molecule has 16 heavy (non-hydrogen) atoms. The molecule has 0 unspecified atom stereocenters. The summed E-state index contributed by atoms with van der Waals surface area (Å²) >= 11 is 5.97. The fourth-order valence-electron chi connectivity index (χ4n) is 1.97. The van der Waals surface area contributed by atoms with Crippen molar-refractivity contribution in [1.82, 2.24) is 4.98 Å². The molecule has 1 aromatic rings. The number of halogens is 1. The summed E-state index contributed by atoms with van der Waals surface area (Å²) in [6.07, 6.45) is 6.94. The summed E-state index contributed by atoms with van der Waals surface area (Å²) in [6.45, 7) is 3.34. The van der Waals surface area contributed by atoms with Gasteiger partial charge in [0, 0.05) is 24.3 Å². The summed E-state index contributed by atoms with van der Waals surface area (Å²) in [5.74, 6) is 1.66. The van der Waals surface area contributed by atoms with Crippen LogP contribution in [0.2, 0.25) is 0 Å². The van der Waals surface area contributed by atoms with Crippen LogP contribution in [0.4, 0.5) is 5.82 Å². The van der Waals surface area contributed by atoms with Crippen molar-refractivity contribution in [3.63, 3.8) is 0 Å². The Morgan fingerprint density at radius 3 is 2.94 bits per heavy atom. The molecule has 88 valence electrons. The standard InChI is InChI=1S/C13H19ClN2/c1-2-3-9-16(12-6-7-12)13-11(10-14)5-4-8-15-13/h4-5,8,12H,2-3,6-7,9-10H2,1H3. The summed E-state index contributed by atoms with van der Waals surface area (Å²) < 4.78 is 0. The van der Waals surface area contributed by atoms with Crippen LogP contribution in [0, 0.1) is 0 Å². The lowest BCUT2D eigenvalue weighted by Gasteiger charge is -2.25. The zero-order chi connectivity index (χ0) is 11.4. The molecule has 0 aromatic carbocycles. The second-order valence-corrected chi connectivity index (χ2v) is 4.67. The monoisotopic (exact) mass is 238 g/mol. The maximum Gasteiger partial charge on any atom is 0.133 e. The number of rotatable bonds is 6. The normalized spacial score (nSPS) is 15.1. The van der Waals surface area contributed by atoms with Gasteiger partial charge in [0.25, 0.3) is 0 Å². The van der Waals surface area contributed by atoms with E-state index in [-0.39, 0.29) is 0 Å². The van der Waals surface area contributed by atoms with E-state index in [0.717, 1.165) is 17.9 Å². The molecule has 0 bridgehead atoms. The predicted octanol–water partition coefficient (Wildman–Crippen LogP) is 3.59. The van der Waals surface area contributed by atoms with Crippen LogP contribution < -0.4 is 4.90 Å². The van der Waals surface area contributed by atoms with Gasteiger partial charge in [-0.05, 0) is 25.3 Å². The van der Waals surface area contributed by atoms with Gasteiger partial charge in [-0.3, -0.25) is 0 Å². The van der Waals surface area contributed by atoms with E-state index in [9.17, 15) is 0 Å². The molecule has 1 aliphatic carbocycles. The van der Waals surface area contributed by atoms with Gasteiger partial charge in [0.15, 0.2) is 0 Å². The number of aromatic nitrogens is 1. The molecule has 1 aromatic heterocycles. The van der Waals surface area contributed by atoms with E-state index in [1.807, 2.05) is 12.3 Å². The van der Waals surface area contributed by atoms with E-state index >= 15 is 0 Å². The van der Waals surface area contributed by atoms with Crippen LogP contribution in [0.15, 0.2) is 18.3 Å². The zero-order valence-corrected chi connectivity index (χ0v) is 10.6. The highest BCUT2D eigenvalue weighted by Gasteiger charge is 2.30. The summed E-state index contributed by atoms with van der Waals surface area (Å²) in [7, 11) is 0. The largest absolute Gasteiger partial charge is 0.353 e. The van der Waals surface area contributed by atoms with Crippen molar-refractivity contribution < 1.29 is 0 Å². The Morgan fingerprint density at radius 2 is 2.31 bits per heavy atom. The second-order valence-electron chi connectivity index (χ2n) is 4.40. The molecule has 0 spiro atoms. The van der Waals surface area contributed by atoms with Crippen LogP contribution in [-0.2, 0) is 5.88 Å². The van der Waals surface area contributed by atoms with Gasteiger partial charge < -0.3 is 4.90 Å². The minimum atomic E-state index is 0.554. The molecule has 2 nitrogen and oxygen atoms in total. The Labute approximate surface area is 103 Å². The van der Waals surface area contributed by atoms with Crippen molar-refractivity contribution in [1.29, 1.82) is 0 Å². The fraction of sp³-hybridized carbons (Fsp3) is 0.615. The molecular formula is C13H19ClN2. The van der Waals surface area contributed by atoms with Crippen molar-refractivity contribution in [2.45, 2.75) is 44.5 Å². The molecule has 0 aliphatic heterocycles. The number of pyridine rings is 1. The molecule has 0 N–H and O–H groups in total. The van der Waals surface area contributed by atoms with Gasteiger partial charge in [0.05, 0.1) is 5.88 Å². The van der Waals surface area contributed by atoms with Crippen LogP contribution in [0.5, 0.6) is 0 Å². The van der Waals surface area contributed by atoms with E-state index in [0.29, 0.717) is 11.9 Å². The van der Waals surface area contributed by atoms with E-state index in [4.69, 9.17) is 11.6 Å². The highest BCUT2D eigenvalue weighted by atomic mass is 35.5. The molecule has 0 atom stereocenters. The smallest absolute Gasteiger partial charge is 0.133 e. The Bertz CT molecular complexity index is 336. The van der Waals surface area contributed by atoms with Crippen LogP contribution in [0.1, 0.15) is 38.2 Å².